The lowest BCUT2D eigenvalue weighted by Crippen LogP contribution is -2.26. The number of benzene rings is 1. The second-order valence-electron chi connectivity index (χ2n) is 3.94. The van der Waals surface area contributed by atoms with Crippen molar-refractivity contribution in [3.63, 3.8) is 0 Å². The Bertz CT molecular complexity index is 721. The molecule has 0 aliphatic heterocycles. The molecule has 19 heavy (non-hydrogen) atoms. The number of hydrogen-bond acceptors (Lipinski definition) is 4. The topological polar surface area (TPSA) is 68.5 Å². The van der Waals surface area contributed by atoms with E-state index < -0.39 is 28.7 Å². The van der Waals surface area contributed by atoms with Crippen molar-refractivity contribution in [2.45, 2.75) is 6.92 Å². The van der Waals surface area contributed by atoms with Gasteiger partial charge in [-0.3, -0.25) is 4.79 Å². The maximum atomic E-state index is 13.8. The second kappa shape index (κ2) is 4.72. The number of esters is 1. The normalized spacial score (nSPS) is 10.7. The largest absolute Gasteiger partial charge is 0.506 e. The minimum atomic E-state index is -0.967. The zero-order valence-electron chi connectivity index (χ0n) is 10.4. The van der Waals surface area contributed by atoms with Gasteiger partial charge in [0.1, 0.15) is 11.6 Å². The van der Waals surface area contributed by atoms with E-state index in [0.717, 1.165) is 10.6 Å². The van der Waals surface area contributed by atoms with Crippen molar-refractivity contribution in [3.8, 4) is 5.75 Å². The number of halogens is 1. The fourth-order valence-corrected chi connectivity index (χ4v) is 1.92. The maximum Gasteiger partial charge on any atom is 0.347 e. The van der Waals surface area contributed by atoms with Crippen molar-refractivity contribution in [2.75, 3.05) is 6.61 Å². The molecule has 0 atom stereocenters. The van der Waals surface area contributed by atoms with Gasteiger partial charge >= 0.3 is 5.97 Å². The van der Waals surface area contributed by atoms with Crippen LogP contribution in [0.1, 0.15) is 17.3 Å². The van der Waals surface area contributed by atoms with Crippen molar-refractivity contribution in [1.29, 1.82) is 0 Å². The van der Waals surface area contributed by atoms with Gasteiger partial charge in [-0.25, -0.2) is 9.18 Å². The summed E-state index contributed by atoms with van der Waals surface area (Å²) in [6.45, 7) is 1.62. The molecule has 1 heterocycles. The van der Waals surface area contributed by atoms with Crippen LogP contribution in [-0.2, 0) is 11.8 Å². The monoisotopic (exact) mass is 265 g/mol. The first-order chi connectivity index (χ1) is 8.99. The number of fused-ring (bicyclic) bond motifs is 1. The molecule has 0 radical (unpaired) electrons. The fourth-order valence-electron chi connectivity index (χ4n) is 1.92. The predicted octanol–water partition coefficient (Wildman–Crippen LogP) is 1.56. The Hall–Kier alpha value is -2.37. The number of aryl methyl sites for hydroxylation is 1. The van der Waals surface area contributed by atoms with Gasteiger partial charge in [0.05, 0.1) is 17.5 Å². The summed E-state index contributed by atoms with van der Waals surface area (Å²) in [4.78, 5) is 23.7. The first-order valence-corrected chi connectivity index (χ1v) is 5.66. The summed E-state index contributed by atoms with van der Waals surface area (Å²) in [5.74, 6) is -2.36. The number of carbonyl (C=O) groups excluding carboxylic acids is 1. The molecule has 6 heteroatoms. The predicted molar refractivity (Wildman–Crippen MR) is 66.8 cm³/mol. The number of ether oxygens (including phenoxy) is 1. The third-order valence-electron chi connectivity index (χ3n) is 2.82. The summed E-state index contributed by atoms with van der Waals surface area (Å²) in [5.41, 5.74) is -1.08. The average molecular weight is 265 g/mol. The molecule has 0 bridgehead atoms. The van der Waals surface area contributed by atoms with Gasteiger partial charge in [0.2, 0.25) is 0 Å². The molecule has 2 rings (SSSR count). The molecule has 0 fully saturated rings. The van der Waals surface area contributed by atoms with E-state index in [1.807, 2.05) is 0 Å². The standard InChI is InChI=1S/C13H12FNO4/c1-3-19-13(18)10-11(16)9-7(14)5-4-6-8(9)15(2)12(10)17/h4-6,16H,3H2,1-2H3. The van der Waals surface area contributed by atoms with Crippen LogP contribution in [-0.4, -0.2) is 22.2 Å². The molecule has 1 aromatic carbocycles. The molecule has 0 aliphatic carbocycles. The molecule has 1 aromatic heterocycles. The van der Waals surface area contributed by atoms with Crippen LogP contribution in [0.3, 0.4) is 0 Å². The van der Waals surface area contributed by atoms with Crippen molar-refractivity contribution in [1.82, 2.24) is 4.57 Å². The van der Waals surface area contributed by atoms with Crippen LogP contribution < -0.4 is 5.56 Å². The van der Waals surface area contributed by atoms with Gasteiger partial charge in [0.25, 0.3) is 5.56 Å². The highest BCUT2D eigenvalue weighted by Gasteiger charge is 2.23. The van der Waals surface area contributed by atoms with Gasteiger partial charge in [-0.15, -0.1) is 0 Å². The van der Waals surface area contributed by atoms with Crippen molar-refractivity contribution >= 4 is 16.9 Å². The minimum Gasteiger partial charge on any atom is -0.506 e. The molecular weight excluding hydrogens is 253 g/mol. The van der Waals surface area contributed by atoms with E-state index in [-0.39, 0.29) is 17.5 Å². The molecule has 2 aromatic rings. The van der Waals surface area contributed by atoms with Crippen LogP contribution >= 0.6 is 0 Å². The highest BCUT2D eigenvalue weighted by molar-refractivity contribution is 5.99. The zero-order chi connectivity index (χ0) is 14.2. The average Bonchev–Trinajstić information content (AvgIpc) is 2.36. The summed E-state index contributed by atoms with van der Waals surface area (Å²) in [5, 5.41) is 9.81. The number of aromatic nitrogens is 1. The summed E-state index contributed by atoms with van der Waals surface area (Å²) in [6.07, 6.45) is 0. The van der Waals surface area contributed by atoms with E-state index in [1.54, 1.807) is 6.92 Å². The lowest BCUT2D eigenvalue weighted by atomic mass is 10.1. The molecule has 0 unspecified atom stereocenters. The van der Waals surface area contributed by atoms with E-state index >= 15 is 0 Å². The van der Waals surface area contributed by atoms with Gasteiger partial charge in [0, 0.05) is 7.05 Å². The van der Waals surface area contributed by atoms with Gasteiger partial charge < -0.3 is 14.4 Å². The second-order valence-corrected chi connectivity index (χ2v) is 3.94. The lowest BCUT2D eigenvalue weighted by Gasteiger charge is -2.11. The van der Waals surface area contributed by atoms with Crippen LogP contribution in [0, 0.1) is 5.82 Å². The Morgan fingerprint density at radius 3 is 2.79 bits per heavy atom. The fraction of sp³-hybridized carbons (Fsp3) is 0.231. The summed E-state index contributed by atoms with van der Waals surface area (Å²) in [6, 6.07) is 4.04. The Kier molecular flexibility index (Phi) is 3.25. The molecular formula is C13H12FNO4. The number of aromatic hydroxyl groups is 1. The number of carbonyl (C=O) groups is 1. The van der Waals surface area contributed by atoms with Gasteiger partial charge in [0.15, 0.2) is 5.56 Å². The van der Waals surface area contributed by atoms with Crippen LogP contribution in [0.2, 0.25) is 0 Å². The number of nitrogens with zero attached hydrogens (tertiary/aromatic N) is 1. The maximum absolute atomic E-state index is 13.8. The number of pyridine rings is 1. The van der Waals surface area contributed by atoms with Gasteiger partial charge in [-0.05, 0) is 19.1 Å². The minimum absolute atomic E-state index is 0.0523. The number of hydrogen-bond donors (Lipinski definition) is 1. The van der Waals surface area contributed by atoms with E-state index in [1.165, 1.54) is 19.2 Å². The third kappa shape index (κ3) is 1.95. The smallest absolute Gasteiger partial charge is 0.347 e. The van der Waals surface area contributed by atoms with Crippen molar-refractivity contribution in [2.24, 2.45) is 7.05 Å². The molecule has 0 aliphatic rings. The Labute approximate surface area is 107 Å². The third-order valence-corrected chi connectivity index (χ3v) is 2.82. The quantitative estimate of drug-likeness (QED) is 0.837. The van der Waals surface area contributed by atoms with Crippen LogP contribution in [0.5, 0.6) is 5.75 Å². The molecule has 0 spiro atoms. The van der Waals surface area contributed by atoms with Crippen LogP contribution in [0.4, 0.5) is 4.39 Å². The SMILES string of the molecule is CCOC(=O)c1c(O)c2c(F)cccc2n(C)c1=O. The van der Waals surface area contributed by atoms with E-state index in [0.29, 0.717) is 0 Å². The highest BCUT2D eigenvalue weighted by Crippen LogP contribution is 2.28. The van der Waals surface area contributed by atoms with Crippen molar-refractivity contribution < 1.29 is 19.0 Å². The molecule has 1 N–H and O–H groups in total. The summed E-state index contributed by atoms with van der Waals surface area (Å²) in [7, 11) is 1.40. The van der Waals surface area contributed by atoms with Crippen molar-refractivity contribution in [3.05, 3.63) is 39.9 Å². The Balaban J connectivity index is 2.91. The van der Waals surface area contributed by atoms with Crippen LogP contribution in [0.15, 0.2) is 23.0 Å². The summed E-state index contributed by atoms with van der Waals surface area (Å²) < 4.78 is 19.6. The zero-order valence-corrected chi connectivity index (χ0v) is 10.4. The molecule has 0 amide bonds. The van der Waals surface area contributed by atoms with Crippen LogP contribution in [0.25, 0.3) is 10.9 Å². The summed E-state index contributed by atoms with van der Waals surface area (Å²) >= 11 is 0. The molecule has 100 valence electrons. The lowest BCUT2D eigenvalue weighted by molar-refractivity contribution is 0.0520. The molecule has 0 saturated carbocycles. The Morgan fingerprint density at radius 2 is 2.16 bits per heavy atom. The van der Waals surface area contributed by atoms with Gasteiger partial charge in [-0.1, -0.05) is 6.07 Å². The van der Waals surface area contributed by atoms with Gasteiger partial charge in [-0.2, -0.15) is 0 Å². The van der Waals surface area contributed by atoms with E-state index in [9.17, 15) is 19.1 Å². The molecule has 5 nitrogen and oxygen atoms in total. The van der Waals surface area contributed by atoms with E-state index in [4.69, 9.17) is 4.74 Å². The first-order valence-electron chi connectivity index (χ1n) is 5.66. The Morgan fingerprint density at radius 1 is 1.47 bits per heavy atom. The molecule has 0 saturated heterocycles. The van der Waals surface area contributed by atoms with E-state index in [2.05, 4.69) is 0 Å². The number of rotatable bonds is 2. The highest BCUT2D eigenvalue weighted by atomic mass is 19.1. The first kappa shape index (κ1) is 13.1.